The fraction of sp³-hybridized carbons (Fsp3) is 0.667. The van der Waals surface area contributed by atoms with Crippen LogP contribution in [-0.4, -0.2) is 73.9 Å². The van der Waals surface area contributed by atoms with Crippen LogP contribution >= 0.6 is 0 Å². The van der Waals surface area contributed by atoms with Gasteiger partial charge >= 0.3 is 0 Å². The van der Waals surface area contributed by atoms with Gasteiger partial charge in [0.1, 0.15) is 10.7 Å². The van der Waals surface area contributed by atoms with E-state index in [1.807, 2.05) is 4.90 Å². The third-order valence-corrected chi connectivity index (χ3v) is 7.31. The number of nitrogens with one attached hydrogen (secondary N) is 1. The summed E-state index contributed by atoms with van der Waals surface area (Å²) in [6, 6.07) is 3.57. The van der Waals surface area contributed by atoms with Gasteiger partial charge in [-0.15, -0.1) is 0 Å². The summed E-state index contributed by atoms with van der Waals surface area (Å²) in [6.45, 7) is 3.15. The minimum absolute atomic E-state index is 0.208. The fourth-order valence-electron chi connectivity index (χ4n) is 3.60. The maximum Gasteiger partial charge on any atom is 0.244 e. The summed E-state index contributed by atoms with van der Waals surface area (Å²) in [7, 11) is -3.51. The molecule has 0 unspecified atom stereocenters. The Morgan fingerprint density at radius 3 is 2.37 bits per heavy atom. The van der Waals surface area contributed by atoms with Crippen LogP contribution in [0.2, 0.25) is 0 Å². The molecule has 148 valence electrons. The van der Waals surface area contributed by atoms with Crippen molar-refractivity contribution in [2.45, 2.75) is 36.6 Å². The van der Waals surface area contributed by atoms with Gasteiger partial charge in [0.05, 0.1) is 13.2 Å². The maximum atomic E-state index is 12.6. The molecule has 1 saturated carbocycles. The Kier molecular flexibility index (Phi) is 5.34. The molecule has 0 atom stereocenters. The molecule has 3 fully saturated rings. The predicted molar refractivity (Wildman–Crippen MR) is 99.8 cm³/mol. The van der Waals surface area contributed by atoms with E-state index in [1.54, 1.807) is 12.1 Å². The number of carbonyl (C=O) groups is 1. The Balaban J connectivity index is 1.32. The molecule has 0 aromatic carbocycles. The molecule has 2 saturated heterocycles. The summed E-state index contributed by atoms with van der Waals surface area (Å²) >= 11 is 0. The van der Waals surface area contributed by atoms with Crippen LogP contribution in [0.15, 0.2) is 23.2 Å². The van der Waals surface area contributed by atoms with Gasteiger partial charge in [-0.25, -0.2) is 13.4 Å². The first-order valence-corrected chi connectivity index (χ1v) is 11.1. The van der Waals surface area contributed by atoms with Gasteiger partial charge in [0.15, 0.2) is 0 Å². The first-order chi connectivity index (χ1) is 13.0. The molecule has 1 aromatic rings. The normalized spacial score (nSPS) is 22.6. The smallest absolute Gasteiger partial charge is 0.244 e. The molecule has 0 spiro atoms. The molecule has 1 aliphatic carbocycles. The van der Waals surface area contributed by atoms with E-state index in [9.17, 15) is 13.2 Å². The van der Waals surface area contributed by atoms with E-state index >= 15 is 0 Å². The van der Waals surface area contributed by atoms with E-state index in [2.05, 4.69) is 10.3 Å². The zero-order chi connectivity index (χ0) is 18.9. The number of morpholine rings is 1. The number of pyridine rings is 1. The highest BCUT2D eigenvalue weighted by atomic mass is 32.2. The van der Waals surface area contributed by atoms with Crippen molar-refractivity contribution in [1.82, 2.24) is 14.2 Å². The van der Waals surface area contributed by atoms with Crippen LogP contribution in [0.4, 0.5) is 5.82 Å². The van der Waals surface area contributed by atoms with Crippen LogP contribution < -0.4 is 5.32 Å². The zero-order valence-corrected chi connectivity index (χ0v) is 16.2. The van der Waals surface area contributed by atoms with Crippen molar-refractivity contribution in [2.75, 3.05) is 44.7 Å². The Morgan fingerprint density at radius 1 is 1.07 bits per heavy atom. The number of amides is 1. The van der Waals surface area contributed by atoms with E-state index < -0.39 is 10.0 Å². The lowest BCUT2D eigenvalue weighted by Gasteiger charge is -2.32. The van der Waals surface area contributed by atoms with Crippen LogP contribution in [0.5, 0.6) is 0 Å². The Morgan fingerprint density at radius 2 is 1.78 bits per heavy atom. The van der Waals surface area contributed by atoms with Gasteiger partial charge in [-0.3, -0.25) is 4.79 Å². The molecule has 1 aromatic heterocycles. The van der Waals surface area contributed by atoms with E-state index in [1.165, 1.54) is 10.5 Å². The lowest BCUT2D eigenvalue weighted by molar-refractivity contribution is -0.133. The number of aromatic nitrogens is 1. The van der Waals surface area contributed by atoms with Crippen molar-refractivity contribution in [2.24, 2.45) is 5.92 Å². The monoisotopic (exact) mass is 394 g/mol. The second-order valence-corrected chi connectivity index (χ2v) is 9.35. The van der Waals surface area contributed by atoms with E-state index in [-0.39, 0.29) is 16.9 Å². The molecule has 27 heavy (non-hydrogen) atoms. The third-order valence-electron chi connectivity index (χ3n) is 5.43. The maximum absolute atomic E-state index is 12.6. The largest absolute Gasteiger partial charge is 0.379 e. The molecule has 8 nitrogen and oxygen atoms in total. The van der Waals surface area contributed by atoms with Crippen molar-refractivity contribution in [3.63, 3.8) is 0 Å². The van der Waals surface area contributed by atoms with Crippen molar-refractivity contribution in [3.8, 4) is 0 Å². The lowest BCUT2D eigenvalue weighted by Crippen LogP contribution is -2.43. The predicted octanol–water partition coefficient (Wildman–Crippen LogP) is 0.915. The zero-order valence-electron chi connectivity index (χ0n) is 15.3. The third kappa shape index (κ3) is 4.25. The van der Waals surface area contributed by atoms with Gasteiger partial charge in [0.25, 0.3) is 0 Å². The number of sulfonamides is 1. The number of nitrogens with zero attached hydrogens (tertiary/aromatic N) is 3. The summed E-state index contributed by atoms with van der Waals surface area (Å²) < 4.78 is 31.9. The molecule has 4 rings (SSSR count). The number of rotatable bonds is 5. The molecule has 1 N–H and O–H groups in total. The van der Waals surface area contributed by atoms with Crippen molar-refractivity contribution in [1.29, 1.82) is 0 Å². The quantitative estimate of drug-likeness (QED) is 0.798. The van der Waals surface area contributed by atoms with Crippen molar-refractivity contribution >= 4 is 21.7 Å². The van der Waals surface area contributed by atoms with Crippen LogP contribution in [0.1, 0.15) is 25.7 Å². The Hall–Kier alpha value is -1.71. The number of anilines is 1. The molecular formula is C18H26N4O4S. The van der Waals surface area contributed by atoms with Gasteiger partial charge in [-0.1, -0.05) is 0 Å². The second-order valence-electron chi connectivity index (χ2n) is 7.41. The van der Waals surface area contributed by atoms with E-state index in [0.717, 1.165) is 38.8 Å². The minimum atomic E-state index is -3.51. The molecule has 1 amide bonds. The summed E-state index contributed by atoms with van der Waals surface area (Å²) in [4.78, 5) is 18.6. The molecule has 0 bridgehead atoms. The van der Waals surface area contributed by atoms with Gasteiger partial charge in [-0.2, -0.15) is 4.31 Å². The number of piperidine rings is 1. The lowest BCUT2D eigenvalue weighted by atomic mass is 10.0. The van der Waals surface area contributed by atoms with Gasteiger partial charge in [0, 0.05) is 44.3 Å². The van der Waals surface area contributed by atoms with Crippen LogP contribution in [0.3, 0.4) is 0 Å². The molecule has 0 radical (unpaired) electrons. The van der Waals surface area contributed by atoms with Gasteiger partial charge in [-0.05, 0) is 37.8 Å². The Bertz CT molecular complexity index is 765. The summed E-state index contributed by atoms with van der Waals surface area (Å²) in [5, 5.41) is 3.37. The standard InChI is InChI=1S/C18H26N4O4S/c23-18(14-1-2-14)21-7-5-15(6-8-21)20-17-4-3-16(13-19-17)27(24,25)22-9-11-26-12-10-22/h3-4,13-15H,1-2,5-12H2,(H,19,20). The average Bonchev–Trinajstić information content (AvgIpc) is 3.54. The van der Waals surface area contributed by atoms with E-state index in [0.29, 0.717) is 38.0 Å². The molecule has 9 heteroatoms. The summed E-state index contributed by atoms with van der Waals surface area (Å²) in [5.41, 5.74) is 0. The van der Waals surface area contributed by atoms with Gasteiger partial charge in [0.2, 0.25) is 15.9 Å². The highest BCUT2D eigenvalue weighted by Crippen LogP contribution is 2.32. The number of ether oxygens (including phenoxy) is 1. The summed E-state index contributed by atoms with van der Waals surface area (Å²) in [6.07, 6.45) is 5.27. The number of hydrogen-bond acceptors (Lipinski definition) is 6. The topological polar surface area (TPSA) is 91.8 Å². The first-order valence-electron chi connectivity index (χ1n) is 9.63. The van der Waals surface area contributed by atoms with Crippen LogP contribution in [-0.2, 0) is 19.6 Å². The molecular weight excluding hydrogens is 368 g/mol. The average molecular weight is 394 g/mol. The number of carbonyl (C=O) groups excluding carboxylic acids is 1. The van der Waals surface area contributed by atoms with Gasteiger partial charge < -0.3 is 15.0 Å². The van der Waals surface area contributed by atoms with Crippen LogP contribution in [0.25, 0.3) is 0 Å². The molecule has 3 aliphatic rings. The number of likely N-dealkylation sites (tertiary alicyclic amines) is 1. The SMILES string of the molecule is O=C(C1CC1)N1CCC(Nc2ccc(S(=O)(=O)N3CCOCC3)cn2)CC1. The summed E-state index contributed by atoms with van der Waals surface area (Å²) in [5.74, 6) is 1.25. The van der Waals surface area contributed by atoms with Crippen molar-refractivity contribution in [3.05, 3.63) is 18.3 Å². The number of hydrogen-bond donors (Lipinski definition) is 1. The van der Waals surface area contributed by atoms with E-state index in [4.69, 9.17) is 4.74 Å². The fourth-order valence-corrected chi connectivity index (χ4v) is 4.95. The highest BCUT2D eigenvalue weighted by molar-refractivity contribution is 7.89. The van der Waals surface area contributed by atoms with Crippen LogP contribution in [0, 0.1) is 5.92 Å². The molecule has 3 heterocycles. The van der Waals surface area contributed by atoms with Crippen molar-refractivity contribution < 1.29 is 17.9 Å². The first kappa shape index (κ1) is 18.6. The Labute approximate surface area is 159 Å². The highest BCUT2D eigenvalue weighted by Gasteiger charge is 2.35. The minimum Gasteiger partial charge on any atom is -0.379 e. The second kappa shape index (κ2) is 7.73. The molecule has 2 aliphatic heterocycles.